The zero-order valence-electron chi connectivity index (χ0n) is 10.8. The molecule has 0 aliphatic carbocycles. The lowest BCUT2D eigenvalue weighted by molar-refractivity contribution is 0.589. The van der Waals surface area contributed by atoms with Gasteiger partial charge in [0.25, 0.3) is 0 Å². The van der Waals surface area contributed by atoms with Gasteiger partial charge in [0.2, 0.25) is 0 Å². The largest absolute Gasteiger partial charge is 0.256 e. The highest BCUT2D eigenvalue weighted by molar-refractivity contribution is 5.65. The Morgan fingerprint density at radius 3 is 2.56 bits per heavy atom. The van der Waals surface area contributed by atoms with Crippen molar-refractivity contribution in [2.75, 3.05) is 0 Å². The van der Waals surface area contributed by atoms with Gasteiger partial charge >= 0.3 is 0 Å². The monoisotopic (exact) mass is 237 g/mol. The molecule has 0 saturated heterocycles. The molecule has 0 aromatic carbocycles. The van der Waals surface area contributed by atoms with Crippen LogP contribution >= 0.6 is 0 Å². The van der Waals surface area contributed by atoms with E-state index in [1.807, 2.05) is 24.3 Å². The Balaban J connectivity index is 2.56. The molecule has 0 unspecified atom stereocenters. The molecule has 2 rings (SSSR count). The Labute approximate surface area is 107 Å². The van der Waals surface area contributed by atoms with E-state index in [1.165, 1.54) is 5.56 Å². The SMILES string of the molecule is CC(C)(C)c1ccnc(-c2cccnc2C#N)c1. The molecule has 0 spiro atoms. The summed E-state index contributed by atoms with van der Waals surface area (Å²) in [5.74, 6) is 0. The van der Waals surface area contributed by atoms with Gasteiger partial charge in [-0.05, 0) is 35.2 Å². The summed E-state index contributed by atoms with van der Waals surface area (Å²) in [6.45, 7) is 6.46. The molecule has 2 aromatic rings. The van der Waals surface area contributed by atoms with E-state index in [0.717, 1.165) is 11.3 Å². The smallest absolute Gasteiger partial charge is 0.149 e. The first-order valence-electron chi connectivity index (χ1n) is 5.84. The summed E-state index contributed by atoms with van der Waals surface area (Å²) < 4.78 is 0. The van der Waals surface area contributed by atoms with Crippen LogP contribution in [0.4, 0.5) is 0 Å². The van der Waals surface area contributed by atoms with E-state index in [-0.39, 0.29) is 5.41 Å². The van der Waals surface area contributed by atoms with Crippen LogP contribution in [0.2, 0.25) is 0 Å². The van der Waals surface area contributed by atoms with Crippen LogP contribution in [0.5, 0.6) is 0 Å². The number of pyridine rings is 2. The molecule has 0 N–H and O–H groups in total. The van der Waals surface area contributed by atoms with Crippen LogP contribution in [0.3, 0.4) is 0 Å². The van der Waals surface area contributed by atoms with Crippen molar-refractivity contribution in [3.63, 3.8) is 0 Å². The predicted octanol–water partition coefficient (Wildman–Crippen LogP) is 3.31. The van der Waals surface area contributed by atoms with Gasteiger partial charge in [0.15, 0.2) is 0 Å². The number of hydrogen-bond acceptors (Lipinski definition) is 3. The number of rotatable bonds is 1. The van der Waals surface area contributed by atoms with E-state index < -0.39 is 0 Å². The minimum Gasteiger partial charge on any atom is -0.256 e. The highest BCUT2D eigenvalue weighted by Gasteiger charge is 2.15. The highest BCUT2D eigenvalue weighted by Crippen LogP contribution is 2.26. The molecule has 0 saturated carbocycles. The maximum Gasteiger partial charge on any atom is 0.149 e. The quantitative estimate of drug-likeness (QED) is 0.764. The maximum atomic E-state index is 9.07. The van der Waals surface area contributed by atoms with Gasteiger partial charge in [0, 0.05) is 18.0 Å². The van der Waals surface area contributed by atoms with E-state index in [4.69, 9.17) is 5.26 Å². The molecule has 0 bridgehead atoms. The third-order valence-corrected chi connectivity index (χ3v) is 2.82. The van der Waals surface area contributed by atoms with Gasteiger partial charge in [0.05, 0.1) is 5.69 Å². The molecule has 0 atom stereocenters. The Morgan fingerprint density at radius 2 is 1.89 bits per heavy atom. The zero-order valence-corrected chi connectivity index (χ0v) is 10.8. The van der Waals surface area contributed by atoms with Gasteiger partial charge in [-0.1, -0.05) is 20.8 Å². The van der Waals surface area contributed by atoms with Gasteiger partial charge in [-0.2, -0.15) is 5.26 Å². The molecule has 0 amide bonds. The van der Waals surface area contributed by atoms with Crippen molar-refractivity contribution in [1.82, 2.24) is 9.97 Å². The second-order valence-corrected chi connectivity index (χ2v) is 5.19. The zero-order chi connectivity index (χ0) is 13.2. The molecule has 18 heavy (non-hydrogen) atoms. The summed E-state index contributed by atoms with van der Waals surface area (Å²) in [5.41, 5.74) is 3.25. The van der Waals surface area contributed by atoms with Crippen molar-refractivity contribution in [3.8, 4) is 17.3 Å². The molecule has 3 heteroatoms. The lowest BCUT2D eigenvalue weighted by atomic mass is 9.87. The van der Waals surface area contributed by atoms with E-state index >= 15 is 0 Å². The predicted molar refractivity (Wildman–Crippen MR) is 70.9 cm³/mol. The molecule has 0 radical (unpaired) electrons. The molecule has 2 aromatic heterocycles. The maximum absolute atomic E-state index is 9.07. The summed E-state index contributed by atoms with van der Waals surface area (Å²) in [7, 11) is 0. The Morgan fingerprint density at radius 1 is 1.11 bits per heavy atom. The van der Waals surface area contributed by atoms with Crippen molar-refractivity contribution in [1.29, 1.82) is 5.26 Å². The minimum atomic E-state index is 0.0622. The van der Waals surface area contributed by atoms with E-state index in [1.54, 1.807) is 12.4 Å². The molecule has 0 aliphatic rings. The topological polar surface area (TPSA) is 49.6 Å². The molecular formula is C15H15N3. The van der Waals surface area contributed by atoms with Crippen LogP contribution in [0.25, 0.3) is 11.3 Å². The van der Waals surface area contributed by atoms with Gasteiger partial charge in [-0.15, -0.1) is 0 Å². The first kappa shape index (κ1) is 12.3. The average molecular weight is 237 g/mol. The highest BCUT2D eigenvalue weighted by atomic mass is 14.7. The summed E-state index contributed by atoms with van der Waals surface area (Å²) >= 11 is 0. The van der Waals surface area contributed by atoms with Crippen molar-refractivity contribution >= 4 is 0 Å². The summed E-state index contributed by atoms with van der Waals surface area (Å²) in [4.78, 5) is 8.40. The van der Waals surface area contributed by atoms with Gasteiger partial charge < -0.3 is 0 Å². The third-order valence-electron chi connectivity index (χ3n) is 2.82. The van der Waals surface area contributed by atoms with Crippen LogP contribution in [0.15, 0.2) is 36.7 Å². The minimum absolute atomic E-state index is 0.0622. The second kappa shape index (κ2) is 4.58. The summed E-state index contributed by atoms with van der Waals surface area (Å²) in [5, 5.41) is 9.07. The van der Waals surface area contributed by atoms with E-state index in [9.17, 15) is 0 Å². The Kier molecular flexibility index (Phi) is 3.12. The van der Waals surface area contributed by atoms with Crippen LogP contribution in [0.1, 0.15) is 32.0 Å². The van der Waals surface area contributed by atoms with Gasteiger partial charge in [-0.25, -0.2) is 4.98 Å². The molecule has 2 heterocycles. The van der Waals surface area contributed by atoms with Gasteiger partial charge in [0.1, 0.15) is 11.8 Å². The fraction of sp³-hybridized carbons (Fsp3) is 0.267. The molecule has 0 fully saturated rings. The number of nitrogens with zero attached hydrogens (tertiary/aromatic N) is 3. The van der Waals surface area contributed by atoms with Crippen LogP contribution in [-0.4, -0.2) is 9.97 Å². The first-order valence-corrected chi connectivity index (χ1v) is 5.84. The second-order valence-electron chi connectivity index (χ2n) is 5.19. The average Bonchev–Trinajstić information content (AvgIpc) is 2.38. The fourth-order valence-corrected chi connectivity index (χ4v) is 1.75. The van der Waals surface area contributed by atoms with E-state index in [2.05, 4.69) is 36.8 Å². The molecule has 0 aliphatic heterocycles. The van der Waals surface area contributed by atoms with Crippen LogP contribution in [-0.2, 0) is 5.41 Å². The van der Waals surface area contributed by atoms with Gasteiger partial charge in [-0.3, -0.25) is 4.98 Å². The molecular weight excluding hydrogens is 222 g/mol. The lowest BCUT2D eigenvalue weighted by Gasteiger charge is -2.19. The normalized spacial score (nSPS) is 11.0. The third kappa shape index (κ3) is 2.38. The van der Waals surface area contributed by atoms with E-state index in [0.29, 0.717) is 5.69 Å². The molecule has 3 nitrogen and oxygen atoms in total. The van der Waals surface area contributed by atoms with Crippen molar-refractivity contribution < 1.29 is 0 Å². The summed E-state index contributed by atoms with van der Waals surface area (Å²) in [6, 6.07) is 9.83. The number of aromatic nitrogens is 2. The van der Waals surface area contributed by atoms with Crippen LogP contribution in [0, 0.1) is 11.3 Å². The Hall–Kier alpha value is -2.21. The van der Waals surface area contributed by atoms with Crippen molar-refractivity contribution in [2.45, 2.75) is 26.2 Å². The summed E-state index contributed by atoms with van der Waals surface area (Å²) in [6.07, 6.45) is 3.40. The lowest BCUT2D eigenvalue weighted by Crippen LogP contribution is -2.11. The Bertz CT molecular complexity index is 604. The first-order chi connectivity index (χ1) is 8.52. The number of hydrogen-bond donors (Lipinski definition) is 0. The molecule has 90 valence electrons. The fourth-order valence-electron chi connectivity index (χ4n) is 1.75. The van der Waals surface area contributed by atoms with Crippen molar-refractivity contribution in [2.24, 2.45) is 0 Å². The van der Waals surface area contributed by atoms with Crippen molar-refractivity contribution in [3.05, 3.63) is 47.9 Å². The number of nitriles is 1. The van der Waals surface area contributed by atoms with Crippen LogP contribution < -0.4 is 0 Å². The standard InChI is InChI=1S/C15H15N3/c1-15(2,3)11-6-8-18-13(9-11)12-5-4-7-17-14(12)10-16/h4-9H,1-3H3.